The number of benzene rings is 1. The van der Waals surface area contributed by atoms with Crippen molar-refractivity contribution in [3.63, 3.8) is 0 Å². The van der Waals surface area contributed by atoms with E-state index >= 15 is 0 Å². The van der Waals surface area contributed by atoms with Gasteiger partial charge in [-0.15, -0.1) is 0 Å². The van der Waals surface area contributed by atoms with Crippen LogP contribution in [0.4, 0.5) is 0 Å². The Bertz CT molecular complexity index is 908. The molecule has 0 saturated carbocycles. The first kappa shape index (κ1) is 15.5. The summed E-state index contributed by atoms with van der Waals surface area (Å²) >= 11 is 0. The Balaban J connectivity index is 1.92. The van der Waals surface area contributed by atoms with Crippen LogP contribution in [0.5, 0.6) is 0 Å². The fraction of sp³-hybridized carbons (Fsp3) is 0.333. The van der Waals surface area contributed by atoms with Crippen LogP contribution in [-0.4, -0.2) is 21.7 Å². The van der Waals surface area contributed by atoms with Gasteiger partial charge in [0, 0.05) is 43.4 Å². The standard InChI is InChI=1S/C18H21N3O2/c1-12-5-16-15(7-18(22)23-17(16)6-13(12)2)11-20(3)9-14-8-19-21(4)10-14/h5-8,10H,9,11H2,1-4H3. The lowest BCUT2D eigenvalue weighted by Crippen LogP contribution is -2.18. The molecule has 0 aliphatic rings. The lowest BCUT2D eigenvalue weighted by atomic mass is 10.0. The number of hydrogen-bond donors (Lipinski definition) is 0. The summed E-state index contributed by atoms with van der Waals surface area (Å²) in [5.41, 5.74) is 4.82. The lowest BCUT2D eigenvalue weighted by molar-refractivity contribution is 0.319. The van der Waals surface area contributed by atoms with E-state index in [9.17, 15) is 4.79 Å². The Morgan fingerprint density at radius 2 is 1.91 bits per heavy atom. The first-order valence-corrected chi connectivity index (χ1v) is 7.62. The number of rotatable bonds is 4. The van der Waals surface area contributed by atoms with Gasteiger partial charge in [0.25, 0.3) is 0 Å². The molecule has 0 unspecified atom stereocenters. The second-order valence-electron chi connectivity index (χ2n) is 6.22. The monoisotopic (exact) mass is 311 g/mol. The minimum atomic E-state index is -0.300. The Morgan fingerprint density at radius 1 is 1.17 bits per heavy atom. The quantitative estimate of drug-likeness (QED) is 0.695. The van der Waals surface area contributed by atoms with Crippen molar-refractivity contribution in [3.8, 4) is 0 Å². The minimum Gasteiger partial charge on any atom is -0.423 e. The molecule has 0 fully saturated rings. The minimum absolute atomic E-state index is 0.300. The maximum Gasteiger partial charge on any atom is 0.336 e. The molecule has 0 N–H and O–H groups in total. The van der Waals surface area contributed by atoms with Crippen molar-refractivity contribution in [1.82, 2.24) is 14.7 Å². The summed E-state index contributed by atoms with van der Waals surface area (Å²) < 4.78 is 7.15. The fourth-order valence-electron chi connectivity index (χ4n) is 2.83. The maximum absolute atomic E-state index is 11.8. The molecule has 5 heteroatoms. The summed E-state index contributed by atoms with van der Waals surface area (Å²) in [7, 11) is 3.94. The molecule has 0 spiro atoms. The fourth-order valence-corrected chi connectivity index (χ4v) is 2.83. The van der Waals surface area contributed by atoms with E-state index in [0.29, 0.717) is 12.1 Å². The van der Waals surface area contributed by atoms with Gasteiger partial charge in [-0.25, -0.2) is 4.79 Å². The van der Waals surface area contributed by atoms with E-state index in [1.165, 1.54) is 5.56 Å². The van der Waals surface area contributed by atoms with Gasteiger partial charge in [-0.1, -0.05) is 0 Å². The van der Waals surface area contributed by atoms with Gasteiger partial charge in [0.15, 0.2) is 0 Å². The number of nitrogens with zero attached hydrogens (tertiary/aromatic N) is 3. The van der Waals surface area contributed by atoms with Crippen LogP contribution >= 0.6 is 0 Å². The molecular weight excluding hydrogens is 290 g/mol. The van der Waals surface area contributed by atoms with Gasteiger partial charge in [-0.3, -0.25) is 9.58 Å². The molecule has 120 valence electrons. The summed E-state index contributed by atoms with van der Waals surface area (Å²) in [5.74, 6) is 0. The van der Waals surface area contributed by atoms with Crippen molar-refractivity contribution in [3.05, 3.63) is 63.3 Å². The van der Waals surface area contributed by atoms with Crippen LogP contribution in [0.3, 0.4) is 0 Å². The highest BCUT2D eigenvalue weighted by molar-refractivity contribution is 5.81. The highest BCUT2D eigenvalue weighted by Gasteiger charge is 2.10. The Morgan fingerprint density at radius 3 is 2.61 bits per heavy atom. The first-order valence-electron chi connectivity index (χ1n) is 7.62. The normalized spacial score (nSPS) is 11.5. The number of fused-ring (bicyclic) bond motifs is 1. The van der Waals surface area contributed by atoms with Crippen molar-refractivity contribution in [1.29, 1.82) is 0 Å². The van der Waals surface area contributed by atoms with E-state index < -0.39 is 0 Å². The zero-order chi connectivity index (χ0) is 16.6. The molecule has 0 aliphatic heterocycles. The van der Waals surface area contributed by atoms with Gasteiger partial charge in [-0.05, 0) is 49.7 Å². The topological polar surface area (TPSA) is 51.3 Å². The molecule has 0 bridgehead atoms. The van der Waals surface area contributed by atoms with Gasteiger partial charge >= 0.3 is 5.63 Å². The zero-order valence-corrected chi connectivity index (χ0v) is 14.0. The van der Waals surface area contributed by atoms with Crippen LogP contribution in [0.1, 0.15) is 22.3 Å². The smallest absolute Gasteiger partial charge is 0.336 e. The van der Waals surface area contributed by atoms with Crippen molar-refractivity contribution in [2.24, 2.45) is 7.05 Å². The molecule has 0 atom stereocenters. The van der Waals surface area contributed by atoms with Gasteiger partial charge in [0.05, 0.1) is 6.20 Å². The van der Waals surface area contributed by atoms with E-state index in [0.717, 1.165) is 28.6 Å². The molecule has 0 radical (unpaired) electrons. The SMILES string of the molecule is Cc1cc2oc(=O)cc(CN(C)Cc3cnn(C)c3)c2cc1C. The Labute approximate surface area is 135 Å². The molecule has 23 heavy (non-hydrogen) atoms. The molecule has 0 saturated heterocycles. The predicted octanol–water partition coefficient (Wildman–Crippen LogP) is 2.78. The number of aryl methyl sites for hydroxylation is 3. The summed E-state index contributed by atoms with van der Waals surface area (Å²) in [6.45, 7) is 5.55. The first-order chi connectivity index (χ1) is 10.9. The molecule has 0 aliphatic carbocycles. The zero-order valence-electron chi connectivity index (χ0n) is 14.0. The van der Waals surface area contributed by atoms with Gasteiger partial charge in [0.2, 0.25) is 0 Å². The molecular formula is C18H21N3O2. The van der Waals surface area contributed by atoms with E-state index in [4.69, 9.17) is 4.42 Å². The van der Waals surface area contributed by atoms with Gasteiger partial charge in [0.1, 0.15) is 5.58 Å². The van der Waals surface area contributed by atoms with Crippen LogP contribution in [0.25, 0.3) is 11.0 Å². The van der Waals surface area contributed by atoms with Crippen LogP contribution in [0.15, 0.2) is 39.8 Å². The van der Waals surface area contributed by atoms with Crippen molar-refractivity contribution in [2.75, 3.05) is 7.05 Å². The van der Waals surface area contributed by atoms with Crippen LogP contribution in [-0.2, 0) is 20.1 Å². The van der Waals surface area contributed by atoms with Crippen LogP contribution in [0.2, 0.25) is 0 Å². The van der Waals surface area contributed by atoms with E-state index in [2.05, 4.69) is 23.0 Å². The number of hydrogen-bond acceptors (Lipinski definition) is 4. The van der Waals surface area contributed by atoms with E-state index in [1.807, 2.05) is 39.5 Å². The largest absolute Gasteiger partial charge is 0.423 e. The molecule has 5 nitrogen and oxygen atoms in total. The van der Waals surface area contributed by atoms with Gasteiger partial charge < -0.3 is 4.42 Å². The number of aromatic nitrogens is 2. The highest BCUT2D eigenvalue weighted by atomic mass is 16.4. The summed E-state index contributed by atoms with van der Waals surface area (Å²) in [5, 5.41) is 5.19. The summed E-state index contributed by atoms with van der Waals surface area (Å²) in [6.07, 6.45) is 3.86. The van der Waals surface area contributed by atoms with Crippen molar-refractivity contribution >= 4 is 11.0 Å². The van der Waals surface area contributed by atoms with E-state index in [-0.39, 0.29) is 5.63 Å². The third-order valence-corrected chi connectivity index (χ3v) is 4.10. The lowest BCUT2D eigenvalue weighted by Gasteiger charge is -2.17. The van der Waals surface area contributed by atoms with Gasteiger partial charge in [-0.2, -0.15) is 5.10 Å². The highest BCUT2D eigenvalue weighted by Crippen LogP contribution is 2.22. The maximum atomic E-state index is 11.8. The third-order valence-electron chi connectivity index (χ3n) is 4.10. The average Bonchev–Trinajstić information content (AvgIpc) is 2.86. The second-order valence-corrected chi connectivity index (χ2v) is 6.22. The molecule has 1 aromatic carbocycles. The summed E-state index contributed by atoms with van der Waals surface area (Å²) in [4.78, 5) is 14.0. The van der Waals surface area contributed by atoms with Crippen LogP contribution in [0, 0.1) is 13.8 Å². The molecule has 3 aromatic rings. The van der Waals surface area contributed by atoms with E-state index in [1.54, 1.807) is 10.7 Å². The van der Waals surface area contributed by atoms with Crippen molar-refractivity contribution < 1.29 is 4.42 Å². The third kappa shape index (κ3) is 3.35. The molecule has 2 heterocycles. The Kier molecular flexibility index (Phi) is 4.05. The molecule has 0 amide bonds. The van der Waals surface area contributed by atoms with Crippen LogP contribution < -0.4 is 5.63 Å². The van der Waals surface area contributed by atoms with Crippen molar-refractivity contribution in [2.45, 2.75) is 26.9 Å². The Hall–Kier alpha value is -2.40. The molecule has 3 rings (SSSR count). The summed E-state index contributed by atoms with van der Waals surface area (Å²) in [6, 6.07) is 5.63. The molecule has 2 aromatic heterocycles. The average molecular weight is 311 g/mol. The predicted molar refractivity (Wildman–Crippen MR) is 90.3 cm³/mol. The second kappa shape index (κ2) is 6.01.